The van der Waals surface area contributed by atoms with Crippen molar-refractivity contribution in [3.8, 4) is 5.75 Å². The molecule has 0 spiro atoms. The van der Waals surface area contributed by atoms with Crippen LogP contribution in [0.3, 0.4) is 0 Å². The number of hydrogen-bond acceptors (Lipinski definition) is 3. The summed E-state index contributed by atoms with van der Waals surface area (Å²) >= 11 is 0. The minimum Gasteiger partial charge on any atom is -0.422 e. The molecule has 4 heteroatoms. The quantitative estimate of drug-likeness (QED) is 0.693. The number of carbonyl (C=O) groups is 2. The lowest BCUT2D eigenvalue weighted by Crippen LogP contribution is -2.11. The van der Waals surface area contributed by atoms with E-state index < -0.39 is 5.97 Å². The van der Waals surface area contributed by atoms with E-state index in [1.54, 1.807) is 24.3 Å². The topological polar surface area (TPSA) is 55.4 Å². The Labute approximate surface area is 123 Å². The Kier molecular flexibility index (Phi) is 4.38. The number of nitrogens with one attached hydrogen (secondary N) is 1. The summed E-state index contributed by atoms with van der Waals surface area (Å²) in [5, 5.41) is 2.64. The molecule has 0 aliphatic heterocycles. The molecule has 0 aliphatic carbocycles. The Bertz CT molecular complexity index is 672. The van der Waals surface area contributed by atoms with Gasteiger partial charge >= 0.3 is 5.97 Å². The summed E-state index contributed by atoms with van der Waals surface area (Å²) in [7, 11) is 0. The van der Waals surface area contributed by atoms with Gasteiger partial charge in [0.15, 0.2) is 0 Å². The van der Waals surface area contributed by atoms with Gasteiger partial charge in [0.05, 0.1) is 5.56 Å². The fourth-order valence-electron chi connectivity index (χ4n) is 2.04. The predicted octanol–water partition coefficient (Wildman–Crippen LogP) is 3.48. The Morgan fingerprint density at radius 3 is 2.24 bits per heavy atom. The zero-order valence-electron chi connectivity index (χ0n) is 12.3. The molecule has 0 atom stereocenters. The van der Waals surface area contributed by atoms with Crippen molar-refractivity contribution in [1.82, 2.24) is 0 Å². The average molecular weight is 283 g/mol. The number of ether oxygens (including phenoxy) is 1. The van der Waals surface area contributed by atoms with Gasteiger partial charge in [0.2, 0.25) is 5.91 Å². The number of carbonyl (C=O) groups excluding carboxylic acids is 2. The summed E-state index contributed by atoms with van der Waals surface area (Å²) < 4.78 is 5.47. The van der Waals surface area contributed by atoms with Gasteiger partial charge in [0, 0.05) is 12.6 Å². The van der Waals surface area contributed by atoms with Gasteiger partial charge in [0.25, 0.3) is 0 Å². The molecular formula is C17H17NO3. The fourth-order valence-corrected chi connectivity index (χ4v) is 2.04. The number of esters is 1. The second kappa shape index (κ2) is 6.22. The fraction of sp³-hybridized carbons (Fsp3) is 0.176. The molecule has 1 amide bonds. The number of rotatable bonds is 3. The lowest BCUT2D eigenvalue weighted by molar-refractivity contribution is -0.114. The minimum absolute atomic E-state index is 0.185. The number of aryl methyl sites for hydroxylation is 2. The lowest BCUT2D eigenvalue weighted by Gasteiger charge is -2.11. The SMILES string of the molecule is CC(=O)Nc1cccc(C(=O)Oc2c(C)cccc2C)c1. The number of anilines is 1. The summed E-state index contributed by atoms with van der Waals surface area (Å²) in [6, 6.07) is 12.4. The van der Waals surface area contributed by atoms with E-state index in [0.717, 1.165) is 11.1 Å². The molecule has 0 unspecified atom stereocenters. The molecular weight excluding hydrogens is 266 g/mol. The first-order chi connectivity index (χ1) is 9.97. The molecule has 2 aromatic rings. The van der Waals surface area contributed by atoms with Crippen LogP contribution in [0.4, 0.5) is 5.69 Å². The number of amides is 1. The van der Waals surface area contributed by atoms with Crippen molar-refractivity contribution in [2.24, 2.45) is 0 Å². The van der Waals surface area contributed by atoms with Crippen LogP contribution in [0.15, 0.2) is 42.5 Å². The molecule has 0 aliphatic rings. The molecule has 2 rings (SSSR count). The lowest BCUT2D eigenvalue weighted by atomic mass is 10.1. The third kappa shape index (κ3) is 3.69. The highest BCUT2D eigenvalue weighted by molar-refractivity contribution is 5.94. The Balaban J connectivity index is 2.23. The normalized spacial score (nSPS) is 10.0. The number of hydrogen-bond donors (Lipinski definition) is 1. The molecule has 4 nitrogen and oxygen atoms in total. The maximum absolute atomic E-state index is 12.2. The van der Waals surface area contributed by atoms with Crippen LogP contribution in [0.1, 0.15) is 28.4 Å². The number of para-hydroxylation sites is 1. The molecule has 1 N–H and O–H groups in total. The van der Waals surface area contributed by atoms with Crippen molar-refractivity contribution in [3.63, 3.8) is 0 Å². The second-order valence-electron chi connectivity index (χ2n) is 4.87. The molecule has 108 valence electrons. The van der Waals surface area contributed by atoms with Crippen molar-refractivity contribution >= 4 is 17.6 Å². The second-order valence-corrected chi connectivity index (χ2v) is 4.87. The summed E-state index contributed by atoms with van der Waals surface area (Å²) in [6.45, 7) is 5.20. The summed E-state index contributed by atoms with van der Waals surface area (Å²) in [6.07, 6.45) is 0. The Morgan fingerprint density at radius 2 is 1.62 bits per heavy atom. The van der Waals surface area contributed by atoms with Gasteiger partial charge in [-0.25, -0.2) is 4.79 Å². The zero-order valence-corrected chi connectivity index (χ0v) is 12.3. The maximum Gasteiger partial charge on any atom is 0.343 e. The Morgan fingerprint density at radius 1 is 1.00 bits per heavy atom. The molecule has 0 heterocycles. The summed E-state index contributed by atoms with van der Waals surface area (Å²) in [5.41, 5.74) is 2.77. The highest BCUT2D eigenvalue weighted by Gasteiger charge is 2.12. The van der Waals surface area contributed by atoms with Gasteiger partial charge in [-0.05, 0) is 43.2 Å². The molecule has 0 aromatic heterocycles. The average Bonchev–Trinajstić information content (AvgIpc) is 2.42. The first kappa shape index (κ1) is 14.8. The van der Waals surface area contributed by atoms with E-state index in [-0.39, 0.29) is 5.91 Å². The van der Waals surface area contributed by atoms with E-state index in [0.29, 0.717) is 17.0 Å². The van der Waals surface area contributed by atoms with Gasteiger partial charge in [-0.3, -0.25) is 4.79 Å². The van der Waals surface area contributed by atoms with E-state index in [4.69, 9.17) is 4.74 Å². The van der Waals surface area contributed by atoms with Crippen LogP contribution in [0.5, 0.6) is 5.75 Å². The van der Waals surface area contributed by atoms with E-state index in [9.17, 15) is 9.59 Å². The molecule has 0 fully saturated rings. The van der Waals surface area contributed by atoms with Crippen LogP contribution in [0.2, 0.25) is 0 Å². The Hall–Kier alpha value is -2.62. The third-order valence-corrected chi connectivity index (χ3v) is 3.02. The van der Waals surface area contributed by atoms with Crippen LogP contribution in [-0.2, 0) is 4.79 Å². The first-order valence-electron chi connectivity index (χ1n) is 6.63. The predicted molar refractivity (Wildman–Crippen MR) is 81.6 cm³/mol. The number of benzene rings is 2. The highest BCUT2D eigenvalue weighted by Crippen LogP contribution is 2.23. The first-order valence-corrected chi connectivity index (χ1v) is 6.63. The smallest absolute Gasteiger partial charge is 0.343 e. The minimum atomic E-state index is -0.445. The van der Waals surface area contributed by atoms with Crippen LogP contribution in [0.25, 0.3) is 0 Å². The van der Waals surface area contributed by atoms with Gasteiger partial charge in [-0.1, -0.05) is 24.3 Å². The van der Waals surface area contributed by atoms with E-state index in [1.807, 2.05) is 32.0 Å². The van der Waals surface area contributed by atoms with Crippen LogP contribution >= 0.6 is 0 Å². The zero-order chi connectivity index (χ0) is 15.4. The van der Waals surface area contributed by atoms with E-state index >= 15 is 0 Å². The van der Waals surface area contributed by atoms with Crippen molar-refractivity contribution in [3.05, 3.63) is 59.2 Å². The summed E-state index contributed by atoms with van der Waals surface area (Å²) in [5.74, 6) is -0.0534. The molecule has 0 saturated heterocycles. The van der Waals surface area contributed by atoms with Crippen molar-refractivity contribution < 1.29 is 14.3 Å². The van der Waals surface area contributed by atoms with Crippen molar-refractivity contribution in [2.45, 2.75) is 20.8 Å². The van der Waals surface area contributed by atoms with Crippen molar-refractivity contribution in [2.75, 3.05) is 5.32 Å². The van der Waals surface area contributed by atoms with Gasteiger partial charge in [-0.2, -0.15) is 0 Å². The molecule has 0 radical (unpaired) electrons. The molecule has 2 aromatic carbocycles. The van der Waals surface area contributed by atoms with E-state index in [2.05, 4.69) is 5.32 Å². The van der Waals surface area contributed by atoms with Crippen LogP contribution in [0, 0.1) is 13.8 Å². The van der Waals surface area contributed by atoms with Gasteiger partial charge in [0.1, 0.15) is 5.75 Å². The monoisotopic (exact) mass is 283 g/mol. The van der Waals surface area contributed by atoms with Crippen LogP contribution < -0.4 is 10.1 Å². The van der Waals surface area contributed by atoms with Crippen LogP contribution in [-0.4, -0.2) is 11.9 Å². The largest absolute Gasteiger partial charge is 0.422 e. The summed E-state index contributed by atoms with van der Waals surface area (Å²) in [4.78, 5) is 23.3. The molecule has 0 bridgehead atoms. The highest BCUT2D eigenvalue weighted by atomic mass is 16.5. The third-order valence-electron chi connectivity index (χ3n) is 3.02. The molecule has 21 heavy (non-hydrogen) atoms. The van der Waals surface area contributed by atoms with Crippen molar-refractivity contribution in [1.29, 1.82) is 0 Å². The van der Waals surface area contributed by atoms with E-state index in [1.165, 1.54) is 6.92 Å². The molecule has 0 saturated carbocycles. The standard InChI is InChI=1S/C17H17NO3/c1-11-6-4-7-12(2)16(11)21-17(20)14-8-5-9-15(10-14)18-13(3)19/h4-10H,1-3H3,(H,18,19). The maximum atomic E-state index is 12.2. The van der Waals surface area contributed by atoms with Gasteiger partial charge < -0.3 is 10.1 Å². The van der Waals surface area contributed by atoms with Gasteiger partial charge in [-0.15, -0.1) is 0 Å².